The van der Waals surface area contributed by atoms with Gasteiger partial charge in [-0.2, -0.15) is 0 Å². The molecular weight excluding hydrogens is 282 g/mol. The fraction of sp³-hybridized carbons (Fsp3) is 0.375. The van der Waals surface area contributed by atoms with Crippen molar-refractivity contribution >= 4 is 17.2 Å². The molecule has 3 rings (SSSR count). The molecule has 0 fully saturated rings. The van der Waals surface area contributed by atoms with Gasteiger partial charge in [0.2, 0.25) is 5.91 Å². The Hall–Kier alpha value is -1.72. The molecule has 4 nitrogen and oxygen atoms in total. The molecule has 2 heterocycles. The summed E-state index contributed by atoms with van der Waals surface area (Å²) in [6, 6.07) is 8.06. The quantitative estimate of drug-likeness (QED) is 0.915. The molecule has 1 aliphatic rings. The van der Waals surface area contributed by atoms with Crippen LogP contribution >= 0.6 is 11.3 Å². The number of amides is 1. The van der Waals surface area contributed by atoms with Gasteiger partial charge in [-0.1, -0.05) is 24.3 Å². The number of rotatable bonds is 3. The smallest absolute Gasteiger partial charge is 0.238 e. The first kappa shape index (κ1) is 14.2. The second-order valence-electron chi connectivity index (χ2n) is 5.46. The monoisotopic (exact) mass is 301 g/mol. The van der Waals surface area contributed by atoms with E-state index in [0.717, 1.165) is 23.7 Å². The van der Waals surface area contributed by atoms with Crippen molar-refractivity contribution in [2.75, 3.05) is 0 Å². The summed E-state index contributed by atoms with van der Waals surface area (Å²) >= 11 is 1.59. The number of aryl methyl sites for hydroxylation is 1. The normalized spacial score (nSPS) is 18.9. The van der Waals surface area contributed by atoms with Gasteiger partial charge in [0.15, 0.2) is 0 Å². The lowest BCUT2D eigenvalue weighted by Gasteiger charge is -2.26. The van der Waals surface area contributed by atoms with E-state index in [2.05, 4.69) is 27.8 Å². The van der Waals surface area contributed by atoms with Crippen molar-refractivity contribution in [2.24, 2.45) is 0 Å². The summed E-state index contributed by atoms with van der Waals surface area (Å²) in [6.07, 6.45) is 0.742. The summed E-state index contributed by atoms with van der Waals surface area (Å²) in [6.45, 7) is 4.69. The number of fused-ring (bicyclic) bond motifs is 1. The molecule has 0 bridgehead atoms. The zero-order chi connectivity index (χ0) is 14.8. The van der Waals surface area contributed by atoms with Crippen LogP contribution in [0.1, 0.15) is 34.8 Å². The van der Waals surface area contributed by atoms with Crippen LogP contribution in [0.5, 0.6) is 0 Å². The Kier molecular flexibility index (Phi) is 4.03. The lowest BCUT2D eigenvalue weighted by molar-refractivity contribution is -0.124. The Balaban J connectivity index is 1.64. The third-order valence-corrected chi connectivity index (χ3v) is 4.91. The highest BCUT2D eigenvalue weighted by molar-refractivity contribution is 7.09. The van der Waals surface area contributed by atoms with E-state index in [1.54, 1.807) is 11.3 Å². The number of carbonyl (C=O) groups is 1. The van der Waals surface area contributed by atoms with Gasteiger partial charge in [-0.25, -0.2) is 4.98 Å². The van der Waals surface area contributed by atoms with E-state index in [-0.39, 0.29) is 18.0 Å². The Labute approximate surface area is 128 Å². The molecule has 2 unspecified atom stereocenters. The number of thiazole rings is 1. The van der Waals surface area contributed by atoms with E-state index in [1.807, 2.05) is 31.4 Å². The van der Waals surface area contributed by atoms with Gasteiger partial charge in [-0.3, -0.25) is 4.79 Å². The minimum absolute atomic E-state index is 0.0461. The highest BCUT2D eigenvalue weighted by Crippen LogP contribution is 2.19. The zero-order valence-corrected chi connectivity index (χ0v) is 13.0. The summed E-state index contributed by atoms with van der Waals surface area (Å²) in [5, 5.41) is 9.33. The fourth-order valence-electron chi connectivity index (χ4n) is 2.59. The van der Waals surface area contributed by atoms with Crippen molar-refractivity contribution in [1.29, 1.82) is 0 Å². The molecule has 2 aromatic rings. The van der Waals surface area contributed by atoms with E-state index in [9.17, 15) is 4.79 Å². The number of hydrogen-bond acceptors (Lipinski definition) is 4. The van der Waals surface area contributed by atoms with Crippen molar-refractivity contribution in [2.45, 2.75) is 38.9 Å². The largest absolute Gasteiger partial charge is 0.346 e. The summed E-state index contributed by atoms with van der Waals surface area (Å²) < 4.78 is 0. The molecular formula is C16H19N3OS. The first-order chi connectivity index (χ1) is 10.1. The Morgan fingerprint density at radius 1 is 1.43 bits per heavy atom. The molecule has 1 aromatic heterocycles. The Bertz CT molecular complexity index is 652. The fourth-order valence-corrected chi connectivity index (χ4v) is 3.39. The van der Waals surface area contributed by atoms with Gasteiger partial charge < -0.3 is 10.6 Å². The maximum absolute atomic E-state index is 12.4. The van der Waals surface area contributed by atoms with E-state index in [1.165, 1.54) is 11.1 Å². The van der Waals surface area contributed by atoms with Crippen LogP contribution in [0.15, 0.2) is 29.6 Å². The van der Waals surface area contributed by atoms with Gasteiger partial charge >= 0.3 is 0 Å². The van der Waals surface area contributed by atoms with Crippen LogP contribution in [0.3, 0.4) is 0 Å². The van der Waals surface area contributed by atoms with Gasteiger partial charge in [0.1, 0.15) is 5.01 Å². The highest BCUT2D eigenvalue weighted by atomic mass is 32.1. The van der Waals surface area contributed by atoms with Crippen LogP contribution in [0, 0.1) is 6.92 Å². The molecule has 21 heavy (non-hydrogen) atoms. The third-order valence-electron chi connectivity index (χ3n) is 3.76. The van der Waals surface area contributed by atoms with Crippen LogP contribution in [0.2, 0.25) is 0 Å². The first-order valence-corrected chi connectivity index (χ1v) is 8.04. The number of hydrogen-bond donors (Lipinski definition) is 2. The predicted molar refractivity (Wildman–Crippen MR) is 84.2 cm³/mol. The molecule has 0 saturated heterocycles. The maximum Gasteiger partial charge on any atom is 0.238 e. The molecule has 0 saturated carbocycles. The molecule has 1 aliphatic heterocycles. The molecule has 2 atom stereocenters. The Morgan fingerprint density at radius 3 is 2.90 bits per heavy atom. The van der Waals surface area contributed by atoms with Gasteiger partial charge in [0.25, 0.3) is 0 Å². The van der Waals surface area contributed by atoms with E-state index < -0.39 is 0 Å². The van der Waals surface area contributed by atoms with Crippen LogP contribution in [0.25, 0.3) is 0 Å². The van der Waals surface area contributed by atoms with Gasteiger partial charge in [-0.05, 0) is 31.4 Å². The standard InChI is InChI=1S/C16H19N3OS/c1-10-9-21-16(18-10)11(2)19-15(20)14-7-12-5-3-4-6-13(12)8-17-14/h3-6,9,11,14,17H,7-8H2,1-2H3,(H,19,20). The summed E-state index contributed by atoms with van der Waals surface area (Å²) in [7, 11) is 0. The predicted octanol–water partition coefficient (Wildman–Crippen LogP) is 2.34. The molecule has 5 heteroatoms. The second-order valence-corrected chi connectivity index (χ2v) is 6.35. The summed E-state index contributed by atoms with van der Waals surface area (Å²) in [4.78, 5) is 16.8. The number of aromatic nitrogens is 1. The molecule has 0 radical (unpaired) electrons. The summed E-state index contributed by atoms with van der Waals surface area (Å²) in [5.74, 6) is 0.0462. The summed E-state index contributed by atoms with van der Waals surface area (Å²) in [5.41, 5.74) is 3.54. The van der Waals surface area contributed by atoms with Crippen molar-refractivity contribution in [3.05, 3.63) is 51.5 Å². The molecule has 1 amide bonds. The lowest BCUT2D eigenvalue weighted by atomic mass is 9.95. The van der Waals surface area contributed by atoms with Crippen LogP contribution in [0.4, 0.5) is 0 Å². The number of carbonyl (C=O) groups excluding carboxylic acids is 1. The van der Waals surface area contributed by atoms with E-state index in [4.69, 9.17) is 0 Å². The van der Waals surface area contributed by atoms with Crippen LogP contribution < -0.4 is 10.6 Å². The maximum atomic E-state index is 12.4. The van der Waals surface area contributed by atoms with Crippen molar-refractivity contribution in [1.82, 2.24) is 15.6 Å². The van der Waals surface area contributed by atoms with Gasteiger partial charge in [0.05, 0.1) is 12.1 Å². The molecule has 0 aliphatic carbocycles. The average molecular weight is 301 g/mol. The first-order valence-electron chi connectivity index (χ1n) is 7.16. The number of nitrogens with zero attached hydrogens (tertiary/aromatic N) is 1. The van der Waals surface area contributed by atoms with E-state index >= 15 is 0 Å². The van der Waals surface area contributed by atoms with E-state index in [0.29, 0.717) is 0 Å². The number of nitrogens with one attached hydrogen (secondary N) is 2. The Morgan fingerprint density at radius 2 is 2.19 bits per heavy atom. The van der Waals surface area contributed by atoms with Crippen LogP contribution in [-0.4, -0.2) is 16.9 Å². The van der Waals surface area contributed by atoms with Gasteiger partial charge in [-0.15, -0.1) is 11.3 Å². The molecule has 2 N–H and O–H groups in total. The molecule has 1 aromatic carbocycles. The van der Waals surface area contributed by atoms with Crippen molar-refractivity contribution in [3.8, 4) is 0 Å². The zero-order valence-electron chi connectivity index (χ0n) is 12.2. The molecule has 110 valence electrons. The average Bonchev–Trinajstić information content (AvgIpc) is 2.93. The lowest BCUT2D eigenvalue weighted by Crippen LogP contribution is -2.48. The third kappa shape index (κ3) is 3.14. The topological polar surface area (TPSA) is 54.0 Å². The molecule has 0 spiro atoms. The van der Waals surface area contributed by atoms with Crippen molar-refractivity contribution in [3.63, 3.8) is 0 Å². The van der Waals surface area contributed by atoms with Crippen molar-refractivity contribution < 1.29 is 4.79 Å². The SMILES string of the molecule is Cc1csc(C(C)NC(=O)C2Cc3ccccc3CN2)n1. The minimum Gasteiger partial charge on any atom is -0.346 e. The minimum atomic E-state index is -0.164. The second kappa shape index (κ2) is 5.95. The highest BCUT2D eigenvalue weighted by Gasteiger charge is 2.25. The number of benzene rings is 1. The van der Waals surface area contributed by atoms with Gasteiger partial charge in [0, 0.05) is 17.6 Å². The van der Waals surface area contributed by atoms with Crippen LogP contribution in [-0.2, 0) is 17.8 Å².